The Morgan fingerprint density at radius 1 is 1.29 bits per heavy atom. The van der Waals surface area contributed by atoms with Crippen LogP contribution in [-0.2, 0) is 4.74 Å². The Balaban J connectivity index is 2.45. The van der Waals surface area contributed by atoms with Gasteiger partial charge >= 0.3 is 0 Å². The van der Waals surface area contributed by atoms with Gasteiger partial charge in [0.15, 0.2) is 0 Å². The maximum atomic E-state index is 6.12. The number of aryl methyl sites for hydroxylation is 1. The van der Waals surface area contributed by atoms with Gasteiger partial charge in [-0.3, -0.25) is 0 Å². The van der Waals surface area contributed by atoms with E-state index in [0.717, 1.165) is 24.5 Å². The first-order valence-corrected chi connectivity index (χ1v) is 6.16. The molecule has 0 aromatic carbocycles. The molecule has 0 radical (unpaired) electrons. The fourth-order valence-electron chi connectivity index (χ4n) is 2.09. The average molecular weight is 256 g/mol. The Morgan fingerprint density at radius 3 is 2.65 bits per heavy atom. The zero-order valence-corrected chi connectivity index (χ0v) is 11.5. The Morgan fingerprint density at radius 2 is 2.00 bits per heavy atom. The number of nitrogens with zero attached hydrogens (tertiary/aromatic N) is 3. The van der Waals surface area contributed by atoms with Gasteiger partial charge in [-0.05, 0) is 27.7 Å². The van der Waals surface area contributed by atoms with Crippen molar-refractivity contribution in [2.45, 2.75) is 33.2 Å². The lowest BCUT2D eigenvalue weighted by Gasteiger charge is -2.43. The summed E-state index contributed by atoms with van der Waals surface area (Å²) >= 11 is 6.12. The summed E-state index contributed by atoms with van der Waals surface area (Å²) in [6, 6.07) is 0. The fourth-order valence-corrected chi connectivity index (χ4v) is 2.30. The molecule has 0 atom stereocenters. The monoisotopic (exact) mass is 255 g/mol. The molecule has 17 heavy (non-hydrogen) atoms. The summed E-state index contributed by atoms with van der Waals surface area (Å²) in [5.74, 6) is 1.63. The highest BCUT2D eigenvalue weighted by Gasteiger charge is 2.33. The molecule has 2 heterocycles. The largest absolute Gasteiger partial charge is 0.377 e. The van der Waals surface area contributed by atoms with Crippen molar-refractivity contribution in [2.24, 2.45) is 0 Å². The van der Waals surface area contributed by atoms with E-state index >= 15 is 0 Å². The van der Waals surface area contributed by atoms with Crippen LogP contribution in [0.5, 0.6) is 0 Å². The van der Waals surface area contributed by atoms with E-state index in [1.165, 1.54) is 0 Å². The standard InChI is InChI=1S/C12H18ClN3O/c1-8-10(13)14-9(2)15-11(8)16-5-6-17-7-12(16,3)4/h5-7H2,1-4H3. The molecule has 1 aliphatic rings. The third-order valence-electron chi connectivity index (χ3n) is 3.07. The van der Waals surface area contributed by atoms with E-state index in [9.17, 15) is 0 Å². The van der Waals surface area contributed by atoms with Crippen molar-refractivity contribution in [3.63, 3.8) is 0 Å². The maximum absolute atomic E-state index is 6.12. The van der Waals surface area contributed by atoms with E-state index in [4.69, 9.17) is 16.3 Å². The second-order valence-electron chi connectivity index (χ2n) is 5.03. The van der Waals surface area contributed by atoms with Crippen molar-refractivity contribution in [2.75, 3.05) is 24.7 Å². The number of anilines is 1. The number of morpholine rings is 1. The highest BCUT2D eigenvalue weighted by Crippen LogP contribution is 2.30. The van der Waals surface area contributed by atoms with Gasteiger partial charge < -0.3 is 9.64 Å². The molecule has 0 unspecified atom stereocenters. The van der Waals surface area contributed by atoms with Crippen LogP contribution in [0.25, 0.3) is 0 Å². The van der Waals surface area contributed by atoms with Gasteiger partial charge in [0.25, 0.3) is 0 Å². The zero-order chi connectivity index (χ0) is 12.6. The minimum atomic E-state index is -0.0624. The first-order chi connectivity index (χ1) is 7.92. The molecule has 1 saturated heterocycles. The lowest BCUT2D eigenvalue weighted by molar-refractivity contribution is 0.0638. The van der Waals surface area contributed by atoms with Crippen molar-refractivity contribution < 1.29 is 4.74 Å². The van der Waals surface area contributed by atoms with Gasteiger partial charge in [0.1, 0.15) is 16.8 Å². The van der Waals surface area contributed by atoms with Crippen molar-refractivity contribution in [3.8, 4) is 0 Å². The fraction of sp³-hybridized carbons (Fsp3) is 0.667. The summed E-state index contributed by atoms with van der Waals surface area (Å²) in [5.41, 5.74) is 0.875. The van der Waals surface area contributed by atoms with Crippen molar-refractivity contribution >= 4 is 17.4 Å². The molecule has 0 bridgehead atoms. The normalized spacial score (nSPS) is 19.5. The molecule has 0 amide bonds. The Hall–Kier alpha value is -0.870. The summed E-state index contributed by atoms with van der Waals surface area (Å²) < 4.78 is 5.52. The van der Waals surface area contributed by atoms with Crippen LogP contribution in [-0.4, -0.2) is 35.3 Å². The number of hydrogen-bond donors (Lipinski definition) is 0. The maximum Gasteiger partial charge on any atom is 0.137 e. The molecule has 5 heteroatoms. The molecule has 0 aliphatic carbocycles. The molecule has 0 spiro atoms. The first kappa shape index (κ1) is 12.6. The van der Waals surface area contributed by atoms with E-state index < -0.39 is 0 Å². The molecule has 1 aromatic heterocycles. The van der Waals surface area contributed by atoms with Crippen LogP contribution in [0.1, 0.15) is 25.2 Å². The van der Waals surface area contributed by atoms with Crippen LogP contribution < -0.4 is 4.90 Å². The topological polar surface area (TPSA) is 38.2 Å². The van der Waals surface area contributed by atoms with Crippen LogP contribution in [0, 0.1) is 13.8 Å². The molecule has 1 aromatic rings. The smallest absolute Gasteiger partial charge is 0.137 e. The quantitative estimate of drug-likeness (QED) is 0.722. The minimum Gasteiger partial charge on any atom is -0.377 e. The van der Waals surface area contributed by atoms with Gasteiger partial charge in [-0.2, -0.15) is 0 Å². The predicted molar refractivity (Wildman–Crippen MR) is 68.8 cm³/mol. The third kappa shape index (κ3) is 2.38. The van der Waals surface area contributed by atoms with E-state index in [-0.39, 0.29) is 5.54 Å². The average Bonchev–Trinajstić information content (AvgIpc) is 2.23. The summed E-state index contributed by atoms with van der Waals surface area (Å²) in [5, 5.41) is 0.537. The van der Waals surface area contributed by atoms with Crippen LogP contribution >= 0.6 is 11.6 Å². The number of halogens is 1. The molecule has 0 saturated carbocycles. The zero-order valence-electron chi connectivity index (χ0n) is 10.7. The van der Waals surface area contributed by atoms with E-state index in [1.54, 1.807) is 0 Å². The number of rotatable bonds is 1. The van der Waals surface area contributed by atoms with Crippen molar-refractivity contribution in [1.29, 1.82) is 0 Å². The van der Waals surface area contributed by atoms with Gasteiger partial charge in [-0.15, -0.1) is 0 Å². The molecule has 2 rings (SSSR count). The second-order valence-corrected chi connectivity index (χ2v) is 5.38. The summed E-state index contributed by atoms with van der Waals surface area (Å²) in [6.07, 6.45) is 0. The Bertz CT molecular complexity index is 434. The SMILES string of the molecule is Cc1nc(Cl)c(C)c(N2CCOCC2(C)C)n1. The van der Waals surface area contributed by atoms with Gasteiger partial charge in [0.05, 0.1) is 18.8 Å². The highest BCUT2D eigenvalue weighted by molar-refractivity contribution is 6.30. The third-order valence-corrected chi connectivity index (χ3v) is 3.44. The lowest BCUT2D eigenvalue weighted by atomic mass is 10.0. The number of hydrogen-bond acceptors (Lipinski definition) is 4. The molecular weight excluding hydrogens is 238 g/mol. The molecule has 0 N–H and O–H groups in total. The van der Waals surface area contributed by atoms with Crippen molar-refractivity contribution in [3.05, 3.63) is 16.5 Å². The van der Waals surface area contributed by atoms with Crippen LogP contribution in [0.4, 0.5) is 5.82 Å². The Labute approximate surface area is 107 Å². The van der Waals surface area contributed by atoms with Gasteiger partial charge in [-0.1, -0.05) is 11.6 Å². The van der Waals surface area contributed by atoms with Crippen LogP contribution in [0.15, 0.2) is 0 Å². The highest BCUT2D eigenvalue weighted by atomic mass is 35.5. The van der Waals surface area contributed by atoms with E-state index in [1.807, 2.05) is 13.8 Å². The predicted octanol–water partition coefficient (Wildman–Crippen LogP) is 2.36. The first-order valence-electron chi connectivity index (χ1n) is 5.78. The van der Waals surface area contributed by atoms with Crippen molar-refractivity contribution in [1.82, 2.24) is 9.97 Å². The van der Waals surface area contributed by atoms with E-state index in [2.05, 4.69) is 28.7 Å². The lowest BCUT2D eigenvalue weighted by Crippen LogP contribution is -2.53. The summed E-state index contributed by atoms with van der Waals surface area (Å²) in [4.78, 5) is 11.0. The van der Waals surface area contributed by atoms with Gasteiger partial charge in [-0.25, -0.2) is 9.97 Å². The van der Waals surface area contributed by atoms with Gasteiger partial charge in [0, 0.05) is 12.1 Å². The van der Waals surface area contributed by atoms with E-state index in [0.29, 0.717) is 17.6 Å². The van der Waals surface area contributed by atoms with Crippen LogP contribution in [0.3, 0.4) is 0 Å². The molecule has 1 aliphatic heterocycles. The summed E-state index contributed by atoms with van der Waals surface area (Å²) in [6.45, 7) is 10.4. The molecule has 94 valence electrons. The minimum absolute atomic E-state index is 0.0624. The molecular formula is C12H18ClN3O. The Kier molecular flexibility index (Phi) is 3.27. The summed E-state index contributed by atoms with van der Waals surface area (Å²) in [7, 11) is 0. The molecule has 4 nitrogen and oxygen atoms in total. The number of aromatic nitrogens is 2. The molecule has 1 fully saturated rings. The second kappa shape index (κ2) is 4.42. The van der Waals surface area contributed by atoms with Gasteiger partial charge in [0.2, 0.25) is 0 Å². The number of ether oxygens (including phenoxy) is 1. The van der Waals surface area contributed by atoms with Crippen LogP contribution in [0.2, 0.25) is 5.15 Å².